The van der Waals surface area contributed by atoms with E-state index in [9.17, 15) is 19.7 Å². The molecule has 0 aromatic heterocycles. The Kier molecular flexibility index (Phi) is 6.79. The van der Waals surface area contributed by atoms with Crippen molar-refractivity contribution in [3.63, 3.8) is 0 Å². The van der Waals surface area contributed by atoms with Crippen molar-refractivity contribution in [2.24, 2.45) is 0 Å². The first-order chi connectivity index (χ1) is 17.1. The van der Waals surface area contributed by atoms with Gasteiger partial charge in [0.15, 0.2) is 0 Å². The average molecular weight is 488 g/mol. The number of nitro groups is 1. The zero-order chi connectivity index (χ0) is 25.9. The van der Waals surface area contributed by atoms with Gasteiger partial charge in [-0.05, 0) is 43.5 Å². The average Bonchev–Trinajstić information content (AvgIpc) is 2.84. The second-order valence-corrected chi connectivity index (χ2v) is 9.85. The molecule has 0 unspecified atom stereocenters. The topological polar surface area (TPSA) is 102 Å². The number of amides is 2. The molecule has 1 aliphatic rings. The highest BCUT2D eigenvalue weighted by molar-refractivity contribution is 6.03. The highest BCUT2D eigenvalue weighted by Gasteiger charge is 2.63. The fourth-order valence-electron chi connectivity index (χ4n) is 4.58. The number of para-hydroxylation sites is 1. The van der Waals surface area contributed by atoms with Gasteiger partial charge in [0.1, 0.15) is 11.6 Å². The Morgan fingerprint density at radius 3 is 2.22 bits per heavy atom. The van der Waals surface area contributed by atoms with Crippen LogP contribution in [-0.4, -0.2) is 28.1 Å². The van der Waals surface area contributed by atoms with E-state index in [2.05, 4.69) is 5.32 Å². The van der Waals surface area contributed by atoms with E-state index in [1.807, 2.05) is 30.3 Å². The Labute approximate surface area is 210 Å². The van der Waals surface area contributed by atoms with Crippen LogP contribution in [0.2, 0.25) is 0 Å². The maximum Gasteiger partial charge on any atom is 0.408 e. The minimum absolute atomic E-state index is 0.153. The summed E-state index contributed by atoms with van der Waals surface area (Å²) in [6.45, 7) is 5.27. The number of rotatable bonds is 6. The second kappa shape index (κ2) is 9.81. The molecule has 0 bridgehead atoms. The van der Waals surface area contributed by atoms with Gasteiger partial charge in [-0.2, -0.15) is 0 Å². The number of fused-ring (bicyclic) bond motifs is 1. The van der Waals surface area contributed by atoms with Gasteiger partial charge in [0.2, 0.25) is 0 Å². The lowest BCUT2D eigenvalue weighted by atomic mass is 9.76. The van der Waals surface area contributed by atoms with E-state index in [1.54, 1.807) is 75.4 Å². The third kappa shape index (κ3) is 4.93. The third-order valence-corrected chi connectivity index (χ3v) is 6.14. The second-order valence-electron chi connectivity index (χ2n) is 9.85. The molecule has 0 saturated carbocycles. The highest BCUT2D eigenvalue weighted by atomic mass is 16.6. The van der Waals surface area contributed by atoms with Crippen molar-refractivity contribution in [2.45, 2.75) is 50.9 Å². The quantitative estimate of drug-likeness (QED) is 0.387. The van der Waals surface area contributed by atoms with Gasteiger partial charge in [-0.25, -0.2) is 4.79 Å². The van der Waals surface area contributed by atoms with E-state index < -0.39 is 34.1 Å². The van der Waals surface area contributed by atoms with Crippen molar-refractivity contribution in [3.05, 3.63) is 112 Å². The molecule has 8 nitrogen and oxygen atoms in total. The summed E-state index contributed by atoms with van der Waals surface area (Å²) in [5.74, 6) is -0.694. The molecule has 4 rings (SSSR count). The molecule has 8 heteroatoms. The van der Waals surface area contributed by atoms with Crippen molar-refractivity contribution in [2.75, 3.05) is 4.90 Å². The van der Waals surface area contributed by atoms with Crippen LogP contribution in [0.1, 0.15) is 43.5 Å². The number of ether oxygens (including phenoxy) is 1. The van der Waals surface area contributed by atoms with E-state index in [4.69, 9.17) is 4.74 Å². The molecular formula is C28H29N3O5. The molecular weight excluding hydrogens is 458 g/mol. The third-order valence-electron chi connectivity index (χ3n) is 6.14. The lowest BCUT2D eigenvalue weighted by molar-refractivity contribution is -0.558. The Morgan fingerprint density at radius 1 is 1.03 bits per heavy atom. The van der Waals surface area contributed by atoms with E-state index in [0.717, 1.165) is 5.56 Å². The molecule has 0 spiro atoms. The molecule has 3 aromatic carbocycles. The standard InChI is InChI=1S/C28H29N3O5/c1-27(2,3)36-26(33)29-24(21-14-8-5-9-15-21)28(31(34)35)18-22-16-10-11-17-23(22)30(25(28)32)19-20-12-6-4-7-13-20/h4-17,24H,18-19H2,1-3H3,(H,29,33)/t24-,28-/m0/s1. The fourth-order valence-corrected chi connectivity index (χ4v) is 4.58. The molecule has 1 heterocycles. The van der Waals surface area contributed by atoms with Crippen molar-refractivity contribution < 1.29 is 19.2 Å². The number of hydrogen-bond acceptors (Lipinski definition) is 5. The molecule has 2 atom stereocenters. The Bertz CT molecular complexity index is 1260. The Balaban J connectivity index is 1.86. The maximum atomic E-state index is 14.2. The van der Waals surface area contributed by atoms with Gasteiger partial charge in [0.05, 0.1) is 13.0 Å². The first-order valence-corrected chi connectivity index (χ1v) is 11.7. The zero-order valence-electron chi connectivity index (χ0n) is 20.5. The van der Waals surface area contributed by atoms with Crippen molar-refractivity contribution in [3.8, 4) is 0 Å². The molecule has 0 aliphatic carbocycles. The monoisotopic (exact) mass is 487 g/mol. The molecule has 0 radical (unpaired) electrons. The van der Waals surface area contributed by atoms with E-state index in [-0.39, 0.29) is 13.0 Å². The largest absolute Gasteiger partial charge is 0.444 e. The van der Waals surface area contributed by atoms with Gasteiger partial charge in [-0.3, -0.25) is 14.9 Å². The summed E-state index contributed by atoms with van der Waals surface area (Å²) in [5, 5.41) is 15.6. The van der Waals surface area contributed by atoms with Crippen LogP contribution in [0, 0.1) is 10.1 Å². The van der Waals surface area contributed by atoms with Crippen molar-refractivity contribution in [1.82, 2.24) is 5.32 Å². The van der Waals surface area contributed by atoms with Crippen LogP contribution in [0.25, 0.3) is 0 Å². The van der Waals surface area contributed by atoms with E-state index >= 15 is 0 Å². The lowest BCUT2D eigenvalue weighted by Gasteiger charge is -2.41. The number of nitrogens with zero attached hydrogens (tertiary/aromatic N) is 2. The van der Waals surface area contributed by atoms with Gasteiger partial charge in [-0.1, -0.05) is 78.9 Å². The summed E-state index contributed by atoms with van der Waals surface area (Å²) >= 11 is 0. The summed E-state index contributed by atoms with van der Waals surface area (Å²) in [6.07, 6.45) is -1.02. The first kappa shape index (κ1) is 24.9. The van der Waals surface area contributed by atoms with Gasteiger partial charge >= 0.3 is 17.5 Å². The molecule has 1 aliphatic heterocycles. The number of alkyl carbamates (subject to hydrolysis) is 1. The number of benzene rings is 3. The van der Waals surface area contributed by atoms with Gasteiger partial charge in [0.25, 0.3) is 0 Å². The van der Waals surface area contributed by atoms with Gasteiger partial charge < -0.3 is 15.0 Å². The number of hydrogen-bond donors (Lipinski definition) is 1. The lowest BCUT2D eigenvalue weighted by Crippen LogP contribution is -2.64. The Morgan fingerprint density at radius 2 is 1.61 bits per heavy atom. The SMILES string of the molecule is CC(C)(C)OC(=O)N[C@@H](c1ccccc1)[C@@]1([N+](=O)[O-])Cc2ccccc2N(Cc2ccccc2)C1=O. The number of carbonyl (C=O) groups excluding carboxylic acids is 2. The summed E-state index contributed by atoms with van der Waals surface area (Å²) in [5.41, 5.74) is -0.482. The van der Waals surface area contributed by atoms with Crippen LogP contribution in [0.4, 0.5) is 10.5 Å². The van der Waals surface area contributed by atoms with Crippen LogP contribution >= 0.6 is 0 Å². The molecule has 0 saturated heterocycles. The summed E-state index contributed by atoms with van der Waals surface area (Å²) in [6, 6.07) is 23.7. The van der Waals surface area contributed by atoms with E-state index in [0.29, 0.717) is 16.8 Å². The molecule has 0 fully saturated rings. The molecule has 36 heavy (non-hydrogen) atoms. The van der Waals surface area contributed by atoms with Crippen molar-refractivity contribution in [1.29, 1.82) is 0 Å². The van der Waals surface area contributed by atoms with Crippen molar-refractivity contribution >= 4 is 17.7 Å². The van der Waals surface area contributed by atoms with Crippen LogP contribution < -0.4 is 10.2 Å². The number of carbonyl (C=O) groups is 2. The normalized spacial score (nSPS) is 18.2. The van der Waals surface area contributed by atoms with Crippen LogP contribution in [0.15, 0.2) is 84.9 Å². The van der Waals surface area contributed by atoms with E-state index in [1.165, 1.54) is 4.90 Å². The summed E-state index contributed by atoms with van der Waals surface area (Å²) < 4.78 is 5.43. The predicted octanol–water partition coefficient (Wildman–Crippen LogP) is 5.06. The first-order valence-electron chi connectivity index (χ1n) is 11.7. The fraction of sp³-hybridized carbons (Fsp3) is 0.286. The predicted molar refractivity (Wildman–Crippen MR) is 136 cm³/mol. The number of anilines is 1. The maximum absolute atomic E-state index is 14.2. The Hall–Kier alpha value is -4.20. The van der Waals surface area contributed by atoms with Crippen LogP contribution in [0.3, 0.4) is 0 Å². The summed E-state index contributed by atoms with van der Waals surface area (Å²) in [7, 11) is 0. The zero-order valence-corrected chi connectivity index (χ0v) is 20.5. The summed E-state index contributed by atoms with van der Waals surface area (Å²) in [4.78, 5) is 41.0. The van der Waals surface area contributed by atoms with Crippen LogP contribution in [0.5, 0.6) is 0 Å². The molecule has 2 amide bonds. The minimum atomic E-state index is -2.19. The highest BCUT2D eigenvalue weighted by Crippen LogP contribution is 2.42. The number of nitrogens with one attached hydrogen (secondary N) is 1. The van der Waals surface area contributed by atoms with Gasteiger partial charge in [-0.15, -0.1) is 0 Å². The smallest absolute Gasteiger partial charge is 0.408 e. The minimum Gasteiger partial charge on any atom is -0.444 e. The molecule has 1 N–H and O–H groups in total. The van der Waals surface area contributed by atoms with Crippen LogP contribution in [-0.2, 0) is 22.5 Å². The molecule has 186 valence electrons. The van der Waals surface area contributed by atoms with Gasteiger partial charge in [0, 0.05) is 10.6 Å². The molecule has 3 aromatic rings.